The first-order chi connectivity index (χ1) is 21.6. The van der Waals surface area contributed by atoms with E-state index in [4.69, 9.17) is 15.6 Å². The van der Waals surface area contributed by atoms with Crippen molar-refractivity contribution in [2.24, 2.45) is 5.73 Å². The lowest BCUT2D eigenvalue weighted by molar-refractivity contribution is -0.140. The summed E-state index contributed by atoms with van der Waals surface area (Å²) in [4.78, 5) is 43.9. The smallest absolute Gasteiger partial charge is 0.433 e. The lowest BCUT2D eigenvalue weighted by atomic mass is 10.0. The lowest BCUT2D eigenvalue weighted by Crippen LogP contribution is -2.48. The van der Waals surface area contributed by atoms with Crippen LogP contribution < -0.4 is 21.7 Å². The van der Waals surface area contributed by atoms with Gasteiger partial charge in [-0.15, -0.1) is 0 Å². The van der Waals surface area contributed by atoms with Gasteiger partial charge in [0.2, 0.25) is 0 Å². The summed E-state index contributed by atoms with van der Waals surface area (Å²) in [6, 6.07) is 5.17. The highest BCUT2D eigenvalue weighted by molar-refractivity contribution is 5.96. The van der Waals surface area contributed by atoms with Gasteiger partial charge in [-0.05, 0) is 43.0 Å². The summed E-state index contributed by atoms with van der Waals surface area (Å²) in [6.07, 6.45) is 2.92. The molecule has 3 aromatic heterocycles. The summed E-state index contributed by atoms with van der Waals surface area (Å²) in [5, 5.41) is 21.3. The van der Waals surface area contributed by atoms with Crippen LogP contribution in [0, 0.1) is 0 Å². The van der Waals surface area contributed by atoms with Crippen LogP contribution in [0.2, 0.25) is 0 Å². The number of amides is 3. The molecule has 0 radical (unpaired) electrons. The number of piperidine rings is 1. The Kier molecular flexibility index (Phi) is 10.6. The Morgan fingerprint density at radius 1 is 1.16 bits per heavy atom. The zero-order valence-electron chi connectivity index (χ0n) is 24.3. The van der Waals surface area contributed by atoms with Crippen molar-refractivity contribution < 1.29 is 32.7 Å². The molecule has 0 spiro atoms. The van der Waals surface area contributed by atoms with Crippen LogP contribution in [0.1, 0.15) is 41.4 Å². The lowest BCUT2D eigenvalue weighted by Gasteiger charge is -2.30. The monoisotopic (exact) mass is 630 g/mol. The van der Waals surface area contributed by atoms with E-state index in [1.165, 1.54) is 23.0 Å². The highest BCUT2D eigenvalue weighted by atomic mass is 19.4. The van der Waals surface area contributed by atoms with Crippen LogP contribution in [0.3, 0.4) is 0 Å². The Morgan fingerprint density at radius 2 is 1.87 bits per heavy atom. The molecule has 0 atom stereocenters. The molecule has 7 N–H and O–H groups in total. The van der Waals surface area contributed by atoms with E-state index < -0.39 is 11.9 Å². The van der Waals surface area contributed by atoms with Crippen LogP contribution in [0.4, 0.5) is 29.5 Å². The average molecular weight is 631 g/mol. The number of benzene rings is 1. The van der Waals surface area contributed by atoms with Crippen LogP contribution in [-0.2, 0) is 17.4 Å². The maximum Gasteiger partial charge on any atom is 0.433 e. The number of imidazole rings is 1. The van der Waals surface area contributed by atoms with Crippen molar-refractivity contribution in [1.82, 2.24) is 40.1 Å². The van der Waals surface area contributed by atoms with Crippen molar-refractivity contribution >= 4 is 35.6 Å². The van der Waals surface area contributed by atoms with Gasteiger partial charge in [-0.1, -0.05) is 6.92 Å². The minimum absolute atomic E-state index is 0.133. The van der Waals surface area contributed by atoms with Crippen LogP contribution in [0.5, 0.6) is 0 Å². The number of aryl methyl sites for hydroxylation is 1. The number of rotatable bonds is 8. The molecule has 1 aliphatic heterocycles. The molecule has 14 nitrogen and oxygen atoms in total. The van der Waals surface area contributed by atoms with E-state index in [-0.39, 0.29) is 42.3 Å². The van der Waals surface area contributed by atoms with Crippen molar-refractivity contribution in [3.8, 4) is 11.3 Å². The van der Waals surface area contributed by atoms with E-state index >= 15 is 0 Å². The Bertz CT molecular complexity index is 1630. The third kappa shape index (κ3) is 7.86. The Labute approximate surface area is 255 Å². The van der Waals surface area contributed by atoms with E-state index in [0.717, 1.165) is 24.6 Å². The predicted molar refractivity (Wildman–Crippen MR) is 158 cm³/mol. The second-order valence-corrected chi connectivity index (χ2v) is 10.0. The number of likely N-dealkylation sites (tertiary alicyclic amines) is 1. The maximum absolute atomic E-state index is 13.4. The van der Waals surface area contributed by atoms with Crippen molar-refractivity contribution in [3.63, 3.8) is 0 Å². The Morgan fingerprint density at radius 3 is 2.56 bits per heavy atom. The van der Waals surface area contributed by atoms with E-state index in [2.05, 4.69) is 31.0 Å². The number of hydrogen-bond acceptors (Lipinski definition) is 8. The first-order valence-corrected chi connectivity index (χ1v) is 14.0. The van der Waals surface area contributed by atoms with E-state index in [0.29, 0.717) is 48.8 Å². The number of H-pyrrole nitrogens is 1. The first kappa shape index (κ1) is 32.7. The number of nitrogens with two attached hydrogens (primary N) is 1. The summed E-state index contributed by atoms with van der Waals surface area (Å²) >= 11 is 0. The van der Waals surface area contributed by atoms with E-state index in [1.54, 1.807) is 17.0 Å². The van der Waals surface area contributed by atoms with Crippen molar-refractivity contribution in [2.75, 3.05) is 31.5 Å². The van der Waals surface area contributed by atoms with Crippen LogP contribution in [-0.4, -0.2) is 85.2 Å². The Balaban J connectivity index is 0.00000148. The summed E-state index contributed by atoms with van der Waals surface area (Å²) in [5.74, 6) is 0.0572. The van der Waals surface area contributed by atoms with Gasteiger partial charge in [-0.2, -0.15) is 18.3 Å². The molecule has 1 aromatic carbocycles. The molecular weight excluding hydrogens is 597 g/mol. The summed E-state index contributed by atoms with van der Waals surface area (Å²) in [7, 11) is 0. The molecule has 0 aliphatic carbocycles. The number of urea groups is 1. The summed E-state index contributed by atoms with van der Waals surface area (Å²) in [5.41, 5.74) is 7.20. The predicted octanol–water partition coefficient (Wildman–Crippen LogP) is 3.01. The molecule has 1 fully saturated rings. The quantitative estimate of drug-likeness (QED) is 0.125. The zero-order valence-corrected chi connectivity index (χ0v) is 24.3. The molecule has 0 saturated carbocycles. The Hall–Kier alpha value is -5.19. The number of carbonyl (C=O) groups is 3. The molecule has 240 valence electrons. The molecule has 1 aliphatic rings. The standard InChI is InChI=1S/C27H31F3N10O2.CH2O2/c1-2-16-13-18(3-4-19(16)25(41)33-7-8-34-26(42)39-10-5-17(31)6-11-39)37-23-24-35-15-21(40(24)12-9-32-23)20-14-36-38-22(20)27(28,29)30;2-1-3/h3-4,9,12-15,17H,2,5-8,10-11,31H2,1H3,(H,32,37)(H,33,41)(H,34,42)(H,36,38);1H,(H,2,3). The molecule has 45 heavy (non-hydrogen) atoms. The molecular formula is C28H33F3N10O4. The van der Waals surface area contributed by atoms with Gasteiger partial charge in [0, 0.05) is 55.9 Å². The molecule has 4 heterocycles. The number of carboxylic acid groups (broad SMARTS) is 1. The van der Waals surface area contributed by atoms with Crippen molar-refractivity contribution in [2.45, 2.75) is 38.4 Å². The highest BCUT2D eigenvalue weighted by Crippen LogP contribution is 2.36. The number of anilines is 2. The van der Waals surface area contributed by atoms with Gasteiger partial charge < -0.3 is 31.7 Å². The van der Waals surface area contributed by atoms with E-state index in [1.807, 2.05) is 18.1 Å². The number of nitrogens with zero attached hydrogens (tertiary/aromatic N) is 5. The number of alkyl halides is 3. The summed E-state index contributed by atoms with van der Waals surface area (Å²) < 4.78 is 41.8. The van der Waals surface area contributed by atoms with Gasteiger partial charge in [-0.3, -0.25) is 19.1 Å². The van der Waals surface area contributed by atoms with Gasteiger partial charge >= 0.3 is 12.2 Å². The van der Waals surface area contributed by atoms with Crippen molar-refractivity contribution in [1.29, 1.82) is 0 Å². The van der Waals surface area contributed by atoms with Gasteiger partial charge in [0.15, 0.2) is 11.5 Å². The largest absolute Gasteiger partial charge is 0.483 e. The van der Waals surface area contributed by atoms with Crippen molar-refractivity contribution in [3.05, 3.63) is 59.8 Å². The van der Waals surface area contributed by atoms with Crippen LogP contribution in [0.25, 0.3) is 16.9 Å². The van der Waals surface area contributed by atoms with E-state index in [9.17, 15) is 22.8 Å². The molecule has 0 bridgehead atoms. The fourth-order valence-corrected chi connectivity index (χ4v) is 4.88. The number of nitrogens with one attached hydrogen (secondary N) is 4. The van der Waals surface area contributed by atoms with Crippen LogP contribution in [0.15, 0.2) is 43.0 Å². The third-order valence-corrected chi connectivity index (χ3v) is 7.13. The fourth-order valence-electron chi connectivity index (χ4n) is 4.88. The highest BCUT2D eigenvalue weighted by Gasteiger charge is 2.36. The molecule has 4 aromatic rings. The van der Waals surface area contributed by atoms with Gasteiger partial charge in [0.1, 0.15) is 5.69 Å². The zero-order chi connectivity index (χ0) is 32.6. The SMILES string of the molecule is CCc1cc(Nc2nccn3c(-c4cn[nH]c4C(F)(F)F)cnc23)ccc1C(=O)NCCNC(=O)N1CCC(N)CC1.O=CO. The van der Waals surface area contributed by atoms with Gasteiger partial charge in [-0.25, -0.2) is 14.8 Å². The summed E-state index contributed by atoms with van der Waals surface area (Å²) in [6.45, 7) is 3.47. The number of halogens is 3. The average Bonchev–Trinajstić information content (AvgIpc) is 3.68. The minimum Gasteiger partial charge on any atom is -0.483 e. The maximum atomic E-state index is 13.4. The van der Waals surface area contributed by atoms with Gasteiger partial charge in [0.05, 0.1) is 23.7 Å². The molecule has 0 unspecified atom stereocenters. The number of fused-ring (bicyclic) bond motifs is 1. The molecule has 5 rings (SSSR count). The fraction of sp³-hybridized carbons (Fsp3) is 0.357. The minimum atomic E-state index is -4.61. The topological polar surface area (TPSA) is 196 Å². The first-order valence-electron chi connectivity index (χ1n) is 14.0. The number of aromatic nitrogens is 5. The molecule has 1 saturated heterocycles. The number of hydrogen-bond donors (Lipinski definition) is 6. The molecule has 3 amide bonds. The number of aromatic amines is 1. The van der Waals surface area contributed by atoms with Crippen LogP contribution >= 0.6 is 0 Å². The third-order valence-electron chi connectivity index (χ3n) is 7.13. The van der Waals surface area contributed by atoms with Gasteiger partial charge in [0.25, 0.3) is 12.4 Å². The number of carbonyl (C=O) groups excluding carboxylic acids is 2. The normalized spacial score (nSPS) is 13.6. The second kappa shape index (κ2) is 14.5. The second-order valence-electron chi connectivity index (χ2n) is 10.0. The molecule has 17 heteroatoms.